The van der Waals surface area contributed by atoms with Gasteiger partial charge in [-0.3, -0.25) is 0 Å². The SMILES string of the molecule is CCC(CC)N(CC(C)C)c1cc(Br)nc(C(C)C)n1. The molecule has 114 valence electrons. The number of hydrogen-bond donors (Lipinski definition) is 0. The van der Waals surface area contributed by atoms with Crippen LogP contribution in [0.1, 0.15) is 66.1 Å². The fraction of sp³-hybridized carbons (Fsp3) is 0.750. The van der Waals surface area contributed by atoms with Crippen LogP contribution in [0.5, 0.6) is 0 Å². The minimum atomic E-state index is 0.342. The molecule has 1 aromatic rings. The summed E-state index contributed by atoms with van der Waals surface area (Å²) >= 11 is 3.53. The first-order chi connectivity index (χ1) is 9.38. The monoisotopic (exact) mass is 341 g/mol. The Morgan fingerprint density at radius 1 is 1.10 bits per heavy atom. The standard InChI is InChI=1S/C16H28BrN3/c1-7-13(8-2)20(10-11(3)4)15-9-14(17)18-16(19-15)12(5)6/h9,11-13H,7-8,10H2,1-6H3. The predicted molar refractivity (Wildman–Crippen MR) is 90.4 cm³/mol. The highest BCUT2D eigenvalue weighted by atomic mass is 79.9. The topological polar surface area (TPSA) is 29.0 Å². The predicted octanol–water partition coefficient (Wildman–Crippen LogP) is 5.01. The molecule has 1 rings (SSSR count). The summed E-state index contributed by atoms with van der Waals surface area (Å²) in [5.41, 5.74) is 0. The van der Waals surface area contributed by atoms with Crippen molar-refractivity contribution in [1.29, 1.82) is 0 Å². The van der Waals surface area contributed by atoms with E-state index in [9.17, 15) is 0 Å². The Kier molecular flexibility index (Phi) is 6.93. The lowest BCUT2D eigenvalue weighted by atomic mass is 10.1. The van der Waals surface area contributed by atoms with Crippen molar-refractivity contribution >= 4 is 21.7 Å². The van der Waals surface area contributed by atoms with E-state index in [2.05, 4.69) is 67.4 Å². The van der Waals surface area contributed by atoms with Gasteiger partial charge in [0, 0.05) is 24.6 Å². The van der Waals surface area contributed by atoms with Crippen molar-refractivity contribution in [3.05, 3.63) is 16.5 Å². The minimum absolute atomic E-state index is 0.342. The average Bonchev–Trinajstić information content (AvgIpc) is 2.37. The first kappa shape index (κ1) is 17.4. The maximum Gasteiger partial charge on any atom is 0.134 e. The number of rotatable bonds is 7. The lowest BCUT2D eigenvalue weighted by Crippen LogP contribution is -2.38. The van der Waals surface area contributed by atoms with Crippen molar-refractivity contribution in [1.82, 2.24) is 9.97 Å². The van der Waals surface area contributed by atoms with Crippen LogP contribution in [0.4, 0.5) is 5.82 Å². The highest BCUT2D eigenvalue weighted by molar-refractivity contribution is 9.10. The van der Waals surface area contributed by atoms with Gasteiger partial charge in [-0.1, -0.05) is 41.5 Å². The summed E-state index contributed by atoms with van der Waals surface area (Å²) in [6, 6.07) is 2.59. The second-order valence-electron chi connectivity index (χ2n) is 6.08. The Labute approximate surface area is 132 Å². The summed E-state index contributed by atoms with van der Waals surface area (Å²) in [6.07, 6.45) is 2.28. The molecular formula is C16H28BrN3. The van der Waals surface area contributed by atoms with Crippen LogP contribution in [0.2, 0.25) is 0 Å². The van der Waals surface area contributed by atoms with Crippen molar-refractivity contribution in [2.24, 2.45) is 5.92 Å². The van der Waals surface area contributed by atoms with E-state index >= 15 is 0 Å². The van der Waals surface area contributed by atoms with E-state index in [1.54, 1.807) is 0 Å². The number of anilines is 1. The fourth-order valence-electron chi connectivity index (χ4n) is 2.38. The van der Waals surface area contributed by atoms with E-state index < -0.39 is 0 Å². The number of aromatic nitrogens is 2. The molecule has 0 spiro atoms. The zero-order valence-corrected chi connectivity index (χ0v) is 15.2. The van der Waals surface area contributed by atoms with E-state index in [1.807, 2.05) is 6.07 Å². The van der Waals surface area contributed by atoms with Crippen LogP contribution in [0.25, 0.3) is 0 Å². The highest BCUT2D eigenvalue weighted by Gasteiger charge is 2.20. The van der Waals surface area contributed by atoms with E-state index in [1.165, 1.54) is 0 Å². The molecular weight excluding hydrogens is 314 g/mol. The summed E-state index contributed by atoms with van der Waals surface area (Å²) in [5.74, 6) is 2.92. The first-order valence-corrected chi connectivity index (χ1v) is 8.49. The molecule has 0 N–H and O–H groups in total. The van der Waals surface area contributed by atoms with Crippen LogP contribution in [0, 0.1) is 5.92 Å². The van der Waals surface area contributed by atoms with Crippen LogP contribution in [-0.2, 0) is 0 Å². The molecule has 0 aromatic carbocycles. The van der Waals surface area contributed by atoms with Crippen LogP contribution < -0.4 is 4.90 Å². The minimum Gasteiger partial charge on any atom is -0.353 e. The molecule has 0 bridgehead atoms. The van der Waals surface area contributed by atoms with Crippen LogP contribution >= 0.6 is 15.9 Å². The molecule has 0 saturated heterocycles. The Hall–Kier alpha value is -0.640. The molecule has 3 nitrogen and oxygen atoms in total. The molecule has 0 radical (unpaired) electrons. The molecule has 0 aliphatic rings. The molecule has 0 amide bonds. The lowest BCUT2D eigenvalue weighted by Gasteiger charge is -2.33. The lowest BCUT2D eigenvalue weighted by molar-refractivity contribution is 0.501. The maximum absolute atomic E-state index is 4.79. The van der Waals surface area contributed by atoms with Crippen molar-refractivity contribution in [3.63, 3.8) is 0 Å². The Bertz CT molecular complexity index is 414. The molecule has 1 heterocycles. The summed E-state index contributed by atoms with van der Waals surface area (Å²) < 4.78 is 0.880. The molecule has 4 heteroatoms. The Balaban J connectivity index is 3.18. The summed E-state index contributed by atoms with van der Waals surface area (Å²) in [5, 5.41) is 0. The smallest absolute Gasteiger partial charge is 0.134 e. The van der Waals surface area contributed by atoms with E-state index in [0.717, 1.165) is 35.6 Å². The van der Waals surface area contributed by atoms with Gasteiger partial charge in [-0.25, -0.2) is 9.97 Å². The molecule has 0 aliphatic carbocycles. The number of halogens is 1. The highest BCUT2D eigenvalue weighted by Crippen LogP contribution is 2.24. The molecule has 0 unspecified atom stereocenters. The quantitative estimate of drug-likeness (QED) is 0.652. The van der Waals surface area contributed by atoms with Gasteiger partial charge in [0.2, 0.25) is 0 Å². The zero-order valence-electron chi connectivity index (χ0n) is 13.7. The Morgan fingerprint density at radius 2 is 1.70 bits per heavy atom. The maximum atomic E-state index is 4.79. The van der Waals surface area contributed by atoms with Crippen LogP contribution in [0.3, 0.4) is 0 Å². The normalized spacial score (nSPS) is 11.7. The van der Waals surface area contributed by atoms with Gasteiger partial charge in [0.25, 0.3) is 0 Å². The average molecular weight is 342 g/mol. The fourth-order valence-corrected chi connectivity index (χ4v) is 2.77. The van der Waals surface area contributed by atoms with Crippen LogP contribution in [0.15, 0.2) is 10.7 Å². The third-order valence-corrected chi connectivity index (χ3v) is 3.86. The first-order valence-electron chi connectivity index (χ1n) is 7.70. The largest absolute Gasteiger partial charge is 0.353 e. The summed E-state index contributed by atoms with van der Waals surface area (Å²) in [7, 11) is 0. The third kappa shape index (κ3) is 4.72. The number of hydrogen-bond acceptors (Lipinski definition) is 3. The van der Waals surface area contributed by atoms with E-state index in [-0.39, 0.29) is 0 Å². The molecule has 0 atom stereocenters. The van der Waals surface area contributed by atoms with Gasteiger partial charge in [0.05, 0.1) is 0 Å². The summed E-state index contributed by atoms with van der Waals surface area (Å²) in [6.45, 7) is 14.3. The van der Waals surface area contributed by atoms with Crippen molar-refractivity contribution < 1.29 is 0 Å². The van der Waals surface area contributed by atoms with Crippen molar-refractivity contribution in [3.8, 4) is 0 Å². The number of nitrogens with zero attached hydrogens (tertiary/aromatic N) is 3. The molecule has 0 aliphatic heterocycles. The molecule has 1 aromatic heterocycles. The summed E-state index contributed by atoms with van der Waals surface area (Å²) in [4.78, 5) is 11.7. The zero-order chi connectivity index (χ0) is 15.3. The van der Waals surface area contributed by atoms with Gasteiger partial charge in [0.15, 0.2) is 0 Å². The van der Waals surface area contributed by atoms with Gasteiger partial charge in [-0.05, 0) is 34.7 Å². The third-order valence-electron chi connectivity index (χ3n) is 3.45. The van der Waals surface area contributed by atoms with Crippen molar-refractivity contribution in [2.45, 2.75) is 66.3 Å². The second-order valence-corrected chi connectivity index (χ2v) is 6.89. The van der Waals surface area contributed by atoms with Gasteiger partial charge in [0.1, 0.15) is 16.2 Å². The molecule has 20 heavy (non-hydrogen) atoms. The van der Waals surface area contributed by atoms with Gasteiger partial charge < -0.3 is 4.90 Å². The van der Waals surface area contributed by atoms with Gasteiger partial charge in [-0.2, -0.15) is 0 Å². The van der Waals surface area contributed by atoms with Crippen molar-refractivity contribution in [2.75, 3.05) is 11.4 Å². The Morgan fingerprint density at radius 3 is 2.15 bits per heavy atom. The van der Waals surface area contributed by atoms with E-state index in [4.69, 9.17) is 4.98 Å². The van der Waals surface area contributed by atoms with E-state index in [0.29, 0.717) is 17.9 Å². The van der Waals surface area contributed by atoms with Gasteiger partial charge in [-0.15, -0.1) is 0 Å². The molecule has 0 saturated carbocycles. The van der Waals surface area contributed by atoms with Crippen LogP contribution in [-0.4, -0.2) is 22.6 Å². The molecule has 0 fully saturated rings. The second kappa shape index (κ2) is 7.96. The van der Waals surface area contributed by atoms with Gasteiger partial charge >= 0.3 is 0 Å².